The largest absolute Gasteiger partial charge is 0.369 e. The van der Waals surface area contributed by atoms with Crippen molar-refractivity contribution in [3.05, 3.63) is 54.4 Å². The van der Waals surface area contributed by atoms with Gasteiger partial charge in [-0.3, -0.25) is 14.6 Å². The zero-order valence-electron chi connectivity index (χ0n) is 17.2. The average molecular weight is 396 g/mol. The Bertz CT molecular complexity index is 802. The van der Waals surface area contributed by atoms with E-state index in [0.29, 0.717) is 13.1 Å². The minimum atomic E-state index is -0.0887. The van der Waals surface area contributed by atoms with Gasteiger partial charge in [-0.25, -0.2) is 0 Å². The first-order chi connectivity index (χ1) is 14.0. The van der Waals surface area contributed by atoms with Crippen LogP contribution in [-0.4, -0.2) is 61.5 Å². The molecule has 29 heavy (non-hydrogen) atoms. The van der Waals surface area contributed by atoms with E-state index < -0.39 is 0 Å². The number of pyridine rings is 1. The highest BCUT2D eigenvalue weighted by atomic mass is 16.2. The van der Waals surface area contributed by atoms with Gasteiger partial charge in [-0.2, -0.15) is 0 Å². The molecule has 0 atom stereocenters. The summed E-state index contributed by atoms with van der Waals surface area (Å²) in [7, 11) is 2.14. The van der Waals surface area contributed by atoms with Gasteiger partial charge in [0.05, 0.1) is 0 Å². The van der Waals surface area contributed by atoms with Crippen molar-refractivity contribution < 1.29 is 9.59 Å². The molecule has 0 bridgehead atoms. The van der Waals surface area contributed by atoms with Crippen molar-refractivity contribution in [2.24, 2.45) is 0 Å². The molecule has 2 heterocycles. The molecule has 1 aliphatic rings. The number of carbonyl (C=O) groups excluding carboxylic acids is 2. The third-order valence-electron chi connectivity index (χ3n) is 5.18. The Labute approximate surface area is 172 Å². The molecular weight excluding hydrogens is 366 g/mol. The molecule has 2 amide bonds. The highest BCUT2D eigenvalue weighted by Gasteiger charge is 2.16. The van der Waals surface area contributed by atoms with E-state index in [9.17, 15) is 9.59 Å². The van der Waals surface area contributed by atoms with Crippen molar-refractivity contribution in [2.45, 2.75) is 19.9 Å². The Kier molecular flexibility index (Phi) is 7.19. The second-order valence-corrected chi connectivity index (χ2v) is 7.37. The normalized spacial score (nSPS) is 14.5. The summed E-state index contributed by atoms with van der Waals surface area (Å²) in [5.41, 5.74) is 2.93. The summed E-state index contributed by atoms with van der Waals surface area (Å²) >= 11 is 0. The van der Waals surface area contributed by atoms with Gasteiger partial charge in [-0.05, 0) is 42.9 Å². The number of piperazine rings is 1. The molecule has 1 aromatic carbocycles. The fourth-order valence-electron chi connectivity index (χ4n) is 3.38. The number of nitrogens with one attached hydrogen (secondary N) is 1. The van der Waals surface area contributed by atoms with Crippen molar-refractivity contribution in [3.63, 3.8) is 0 Å². The molecule has 0 saturated carbocycles. The van der Waals surface area contributed by atoms with Crippen LogP contribution in [0.1, 0.15) is 18.9 Å². The molecule has 1 aliphatic heterocycles. The lowest BCUT2D eigenvalue weighted by Crippen LogP contribution is -2.44. The number of nitrogens with zero attached hydrogens (tertiary/aromatic N) is 4. The van der Waals surface area contributed by atoms with Crippen LogP contribution < -0.4 is 15.1 Å². The maximum atomic E-state index is 12.2. The zero-order valence-corrected chi connectivity index (χ0v) is 17.2. The number of anilines is 2. The quantitative estimate of drug-likeness (QED) is 0.775. The van der Waals surface area contributed by atoms with Crippen LogP contribution in [0.5, 0.6) is 0 Å². The molecule has 3 rings (SSSR count). The summed E-state index contributed by atoms with van der Waals surface area (Å²) in [6.07, 6.45) is 3.68. The Hall–Kier alpha value is -2.93. The van der Waals surface area contributed by atoms with Crippen LogP contribution in [-0.2, 0) is 16.1 Å². The highest BCUT2D eigenvalue weighted by molar-refractivity contribution is 5.92. The van der Waals surface area contributed by atoms with Gasteiger partial charge in [0, 0.05) is 76.4 Å². The lowest BCUT2D eigenvalue weighted by molar-refractivity contribution is -0.121. The van der Waals surface area contributed by atoms with Crippen LogP contribution in [0.25, 0.3) is 0 Å². The fraction of sp³-hybridized carbons (Fsp3) is 0.409. The van der Waals surface area contributed by atoms with E-state index in [1.807, 2.05) is 24.3 Å². The Balaban J connectivity index is 1.53. The molecule has 154 valence electrons. The first-order valence-electron chi connectivity index (χ1n) is 10.00. The van der Waals surface area contributed by atoms with Gasteiger partial charge in [0.25, 0.3) is 0 Å². The van der Waals surface area contributed by atoms with Crippen molar-refractivity contribution in [1.82, 2.24) is 15.2 Å². The zero-order chi connectivity index (χ0) is 20.6. The molecule has 0 unspecified atom stereocenters. The smallest absolute Gasteiger partial charge is 0.223 e. The third kappa shape index (κ3) is 6.02. The van der Waals surface area contributed by atoms with Crippen molar-refractivity contribution in [2.75, 3.05) is 49.6 Å². The SMILES string of the molecule is CC(=O)N(CCC(=O)NCc1cccnc1)c1ccc(N2CCN(C)CC2)cc1. The van der Waals surface area contributed by atoms with Gasteiger partial charge in [0.15, 0.2) is 0 Å². The minimum absolute atomic E-state index is 0.0718. The Morgan fingerprint density at radius 2 is 1.83 bits per heavy atom. The maximum Gasteiger partial charge on any atom is 0.223 e. The van der Waals surface area contributed by atoms with Gasteiger partial charge < -0.3 is 20.0 Å². The van der Waals surface area contributed by atoms with E-state index in [0.717, 1.165) is 37.4 Å². The van der Waals surface area contributed by atoms with E-state index in [1.54, 1.807) is 17.3 Å². The van der Waals surface area contributed by atoms with E-state index in [1.165, 1.54) is 12.6 Å². The molecule has 1 saturated heterocycles. The topological polar surface area (TPSA) is 68.8 Å². The molecule has 1 fully saturated rings. The lowest BCUT2D eigenvalue weighted by Gasteiger charge is -2.34. The molecule has 7 nitrogen and oxygen atoms in total. The first-order valence-corrected chi connectivity index (χ1v) is 10.00. The summed E-state index contributed by atoms with van der Waals surface area (Å²) in [6, 6.07) is 11.8. The first kappa shape index (κ1) is 20.8. The van der Waals surface area contributed by atoms with Crippen molar-refractivity contribution >= 4 is 23.2 Å². The van der Waals surface area contributed by atoms with Gasteiger partial charge in [-0.15, -0.1) is 0 Å². The molecule has 0 radical (unpaired) electrons. The fourth-order valence-corrected chi connectivity index (χ4v) is 3.38. The summed E-state index contributed by atoms with van der Waals surface area (Å²) in [5.74, 6) is -0.161. The minimum Gasteiger partial charge on any atom is -0.369 e. The number of carbonyl (C=O) groups is 2. The van der Waals surface area contributed by atoms with Crippen LogP contribution in [0, 0.1) is 0 Å². The van der Waals surface area contributed by atoms with E-state index >= 15 is 0 Å². The summed E-state index contributed by atoms with van der Waals surface area (Å²) in [5, 5.41) is 2.87. The van der Waals surface area contributed by atoms with E-state index in [2.05, 4.69) is 39.3 Å². The van der Waals surface area contributed by atoms with Gasteiger partial charge >= 0.3 is 0 Å². The van der Waals surface area contributed by atoms with Crippen LogP contribution in [0.4, 0.5) is 11.4 Å². The predicted molar refractivity (Wildman–Crippen MR) is 115 cm³/mol. The lowest BCUT2D eigenvalue weighted by atomic mass is 10.2. The number of hydrogen-bond acceptors (Lipinski definition) is 5. The van der Waals surface area contributed by atoms with E-state index in [4.69, 9.17) is 0 Å². The van der Waals surface area contributed by atoms with Crippen LogP contribution >= 0.6 is 0 Å². The number of aromatic nitrogens is 1. The summed E-state index contributed by atoms with van der Waals surface area (Å²) < 4.78 is 0. The van der Waals surface area contributed by atoms with Crippen LogP contribution in [0.3, 0.4) is 0 Å². The number of amides is 2. The third-order valence-corrected chi connectivity index (χ3v) is 5.18. The molecular formula is C22H29N5O2. The molecule has 2 aromatic rings. The van der Waals surface area contributed by atoms with Gasteiger partial charge in [0.2, 0.25) is 11.8 Å². The van der Waals surface area contributed by atoms with Crippen molar-refractivity contribution in [3.8, 4) is 0 Å². The maximum absolute atomic E-state index is 12.2. The molecule has 7 heteroatoms. The van der Waals surface area contributed by atoms with Crippen molar-refractivity contribution in [1.29, 1.82) is 0 Å². The molecule has 0 spiro atoms. The number of rotatable bonds is 7. The average Bonchev–Trinajstić information content (AvgIpc) is 2.74. The Morgan fingerprint density at radius 3 is 2.45 bits per heavy atom. The van der Waals surface area contributed by atoms with Crippen LogP contribution in [0.15, 0.2) is 48.8 Å². The molecule has 1 aromatic heterocycles. The number of hydrogen-bond donors (Lipinski definition) is 1. The second-order valence-electron chi connectivity index (χ2n) is 7.37. The van der Waals surface area contributed by atoms with Gasteiger partial charge in [0.1, 0.15) is 0 Å². The Morgan fingerprint density at radius 1 is 1.10 bits per heavy atom. The standard InChI is InChI=1S/C22H29N5O2/c1-18(28)27(11-9-22(29)24-17-19-4-3-10-23-16-19)21-7-5-20(6-8-21)26-14-12-25(2)13-15-26/h3-8,10,16H,9,11-15,17H2,1-2H3,(H,24,29). The summed E-state index contributed by atoms with van der Waals surface area (Å²) in [4.78, 5) is 34.7. The second kappa shape index (κ2) is 10.0. The molecule has 0 aliphatic carbocycles. The highest BCUT2D eigenvalue weighted by Crippen LogP contribution is 2.22. The monoisotopic (exact) mass is 395 g/mol. The van der Waals surface area contributed by atoms with E-state index in [-0.39, 0.29) is 18.2 Å². The summed E-state index contributed by atoms with van der Waals surface area (Å²) in [6.45, 7) is 6.42. The number of likely N-dealkylation sites (N-methyl/N-ethyl adjacent to an activating group) is 1. The van der Waals surface area contributed by atoms with Crippen LogP contribution in [0.2, 0.25) is 0 Å². The predicted octanol–water partition coefficient (Wildman–Crippen LogP) is 1.89. The number of benzene rings is 1. The molecule has 1 N–H and O–H groups in total. The van der Waals surface area contributed by atoms with Gasteiger partial charge in [-0.1, -0.05) is 6.07 Å².